The minimum atomic E-state index is 0. The van der Waals surface area contributed by atoms with E-state index in [2.05, 4.69) is 4.98 Å². The Kier molecular flexibility index (Phi) is 4.08. The summed E-state index contributed by atoms with van der Waals surface area (Å²) in [7, 11) is 0. The molecule has 0 radical (unpaired) electrons. The van der Waals surface area contributed by atoms with Gasteiger partial charge < -0.3 is 5.73 Å². The highest BCUT2D eigenvalue weighted by molar-refractivity contribution is 5.85. The fraction of sp³-hybridized carbons (Fsp3) is 0.375. The van der Waals surface area contributed by atoms with Crippen LogP contribution in [0.1, 0.15) is 24.1 Å². The van der Waals surface area contributed by atoms with Crippen LogP contribution >= 0.6 is 12.4 Å². The highest BCUT2D eigenvalue weighted by Gasteiger charge is 2.00. The topological polar surface area (TPSA) is 38.9 Å². The molecule has 3 heteroatoms. The molecule has 1 aromatic rings. The maximum Gasteiger partial charge on any atom is 0.0300 e. The van der Waals surface area contributed by atoms with E-state index in [4.69, 9.17) is 5.73 Å². The van der Waals surface area contributed by atoms with Crippen molar-refractivity contribution in [2.75, 3.05) is 0 Å². The summed E-state index contributed by atoms with van der Waals surface area (Å²) >= 11 is 0. The summed E-state index contributed by atoms with van der Waals surface area (Å²) in [5.74, 6) is 0. The molecule has 0 saturated carbocycles. The van der Waals surface area contributed by atoms with E-state index in [1.54, 1.807) is 6.20 Å². The van der Waals surface area contributed by atoms with E-state index in [0.717, 1.165) is 5.56 Å². The van der Waals surface area contributed by atoms with Crippen molar-refractivity contribution < 1.29 is 0 Å². The lowest BCUT2D eigenvalue weighted by molar-refractivity contribution is 0.806. The lowest BCUT2D eigenvalue weighted by atomic mass is 10.1. The number of rotatable bonds is 1. The van der Waals surface area contributed by atoms with E-state index in [9.17, 15) is 0 Å². The van der Waals surface area contributed by atoms with Gasteiger partial charge in [0, 0.05) is 18.4 Å². The van der Waals surface area contributed by atoms with Crippen molar-refractivity contribution in [2.24, 2.45) is 5.73 Å². The Bertz CT molecular complexity index is 223. The second-order valence-electron chi connectivity index (χ2n) is 2.52. The molecule has 1 heterocycles. The van der Waals surface area contributed by atoms with Gasteiger partial charge in [-0.1, -0.05) is 0 Å². The van der Waals surface area contributed by atoms with Crippen LogP contribution in [-0.4, -0.2) is 4.98 Å². The summed E-state index contributed by atoms with van der Waals surface area (Å²) in [6, 6.07) is 2.07. The third kappa shape index (κ3) is 2.48. The first-order valence-electron chi connectivity index (χ1n) is 3.38. The van der Waals surface area contributed by atoms with Gasteiger partial charge in [-0.2, -0.15) is 0 Å². The molecule has 1 rings (SSSR count). The Morgan fingerprint density at radius 2 is 2.18 bits per heavy atom. The minimum absolute atomic E-state index is 0. The van der Waals surface area contributed by atoms with E-state index in [0.29, 0.717) is 0 Å². The highest BCUT2D eigenvalue weighted by Crippen LogP contribution is 2.11. The van der Waals surface area contributed by atoms with Gasteiger partial charge in [0.2, 0.25) is 0 Å². The average molecular weight is 173 g/mol. The van der Waals surface area contributed by atoms with Gasteiger partial charge >= 0.3 is 0 Å². The van der Waals surface area contributed by atoms with Crippen LogP contribution in [0.5, 0.6) is 0 Å². The zero-order valence-corrected chi connectivity index (χ0v) is 7.56. The van der Waals surface area contributed by atoms with Crippen molar-refractivity contribution >= 4 is 12.4 Å². The molecule has 0 spiro atoms. The number of pyridine rings is 1. The Hall–Kier alpha value is -0.600. The second-order valence-corrected chi connectivity index (χ2v) is 2.52. The van der Waals surface area contributed by atoms with Crippen LogP contribution in [0.15, 0.2) is 18.5 Å². The largest absolute Gasteiger partial charge is 0.324 e. The molecule has 0 amide bonds. The van der Waals surface area contributed by atoms with Crippen LogP contribution in [-0.2, 0) is 0 Å². The SMILES string of the molecule is Cc1cnccc1C(C)N.Cl. The molecule has 62 valence electrons. The molecule has 1 atom stereocenters. The summed E-state index contributed by atoms with van der Waals surface area (Å²) < 4.78 is 0. The second kappa shape index (κ2) is 4.31. The quantitative estimate of drug-likeness (QED) is 0.702. The lowest BCUT2D eigenvalue weighted by Gasteiger charge is -2.06. The minimum Gasteiger partial charge on any atom is -0.324 e. The molecule has 11 heavy (non-hydrogen) atoms. The molecule has 2 N–H and O–H groups in total. The average Bonchev–Trinajstić information content (AvgIpc) is 1.88. The van der Waals surface area contributed by atoms with Gasteiger partial charge in [0.25, 0.3) is 0 Å². The molecule has 0 aliphatic carbocycles. The van der Waals surface area contributed by atoms with Crippen molar-refractivity contribution in [1.29, 1.82) is 0 Å². The smallest absolute Gasteiger partial charge is 0.0300 e. The van der Waals surface area contributed by atoms with Gasteiger partial charge in [-0.3, -0.25) is 4.98 Å². The number of aryl methyl sites for hydroxylation is 1. The van der Waals surface area contributed by atoms with Crippen LogP contribution in [0.4, 0.5) is 0 Å². The van der Waals surface area contributed by atoms with Gasteiger partial charge in [0.15, 0.2) is 0 Å². The van der Waals surface area contributed by atoms with Crippen molar-refractivity contribution in [3.05, 3.63) is 29.6 Å². The Morgan fingerprint density at radius 1 is 1.55 bits per heavy atom. The number of aromatic nitrogens is 1. The molecule has 1 unspecified atom stereocenters. The van der Waals surface area contributed by atoms with Crippen LogP contribution in [0.2, 0.25) is 0 Å². The molecule has 0 aromatic carbocycles. The third-order valence-electron chi connectivity index (χ3n) is 1.55. The molecule has 0 aliphatic heterocycles. The summed E-state index contributed by atoms with van der Waals surface area (Å²) in [5.41, 5.74) is 8.03. The Balaban J connectivity index is 0.000001000. The zero-order valence-electron chi connectivity index (χ0n) is 6.74. The van der Waals surface area contributed by atoms with E-state index < -0.39 is 0 Å². The van der Waals surface area contributed by atoms with Gasteiger partial charge in [0.1, 0.15) is 0 Å². The van der Waals surface area contributed by atoms with Gasteiger partial charge in [-0.05, 0) is 31.0 Å². The fourth-order valence-electron chi connectivity index (χ4n) is 0.995. The van der Waals surface area contributed by atoms with Crippen LogP contribution in [0.3, 0.4) is 0 Å². The maximum absolute atomic E-state index is 5.69. The fourth-order valence-corrected chi connectivity index (χ4v) is 0.995. The van der Waals surface area contributed by atoms with Crippen LogP contribution in [0, 0.1) is 6.92 Å². The number of halogens is 1. The molecular weight excluding hydrogens is 160 g/mol. The van der Waals surface area contributed by atoms with Crippen molar-refractivity contribution in [2.45, 2.75) is 19.9 Å². The van der Waals surface area contributed by atoms with Crippen molar-refractivity contribution in [3.63, 3.8) is 0 Å². The first-order chi connectivity index (χ1) is 4.72. The standard InChI is InChI=1S/C8H12N2.ClH/c1-6-5-10-4-3-8(6)7(2)9;/h3-5,7H,9H2,1-2H3;1H. The maximum atomic E-state index is 5.69. The number of nitrogens with zero attached hydrogens (tertiary/aromatic N) is 1. The number of hydrogen-bond acceptors (Lipinski definition) is 2. The van der Waals surface area contributed by atoms with Gasteiger partial charge in [-0.25, -0.2) is 0 Å². The zero-order chi connectivity index (χ0) is 7.56. The predicted molar refractivity (Wildman–Crippen MR) is 48.8 cm³/mol. The summed E-state index contributed by atoms with van der Waals surface area (Å²) in [6.07, 6.45) is 3.60. The van der Waals surface area contributed by atoms with E-state index >= 15 is 0 Å². The summed E-state index contributed by atoms with van der Waals surface area (Å²) in [5, 5.41) is 0. The van der Waals surface area contributed by atoms with E-state index in [1.807, 2.05) is 26.1 Å². The van der Waals surface area contributed by atoms with Gasteiger partial charge in [-0.15, -0.1) is 12.4 Å². The molecule has 0 fully saturated rings. The highest BCUT2D eigenvalue weighted by atomic mass is 35.5. The third-order valence-corrected chi connectivity index (χ3v) is 1.55. The van der Waals surface area contributed by atoms with E-state index in [1.165, 1.54) is 5.56 Å². The normalized spacial score (nSPS) is 11.9. The van der Waals surface area contributed by atoms with E-state index in [-0.39, 0.29) is 18.4 Å². The number of hydrogen-bond donors (Lipinski definition) is 1. The van der Waals surface area contributed by atoms with Crippen LogP contribution < -0.4 is 5.73 Å². The predicted octanol–water partition coefficient (Wildman–Crippen LogP) is 1.83. The molecule has 0 aliphatic rings. The Morgan fingerprint density at radius 3 is 2.55 bits per heavy atom. The van der Waals surface area contributed by atoms with Gasteiger partial charge in [0.05, 0.1) is 0 Å². The summed E-state index contributed by atoms with van der Waals surface area (Å²) in [6.45, 7) is 3.99. The molecular formula is C8H13ClN2. The first kappa shape index (κ1) is 10.4. The van der Waals surface area contributed by atoms with Crippen molar-refractivity contribution in [3.8, 4) is 0 Å². The first-order valence-corrected chi connectivity index (χ1v) is 3.38. The number of nitrogens with two attached hydrogens (primary N) is 1. The van der Waals surface area contributed by atoms with Crippen molar-refractivity contribution in [1.82, 2.24) is 4.98 Å². The monoisotopic (exact) mass is 172 g/mol. The Labute approximate surface area is 73.2 Å². The molecule has 0 bridgehead atoms. The molecule has 1 aromatic heterocycles. The molecule has 2 nitrogen and oxygen atoms in total. The molecule has 0 saturated heterocycles. The lowest BCUT2D eigenvalue weighted by Crippen LogP contribution is -2.06. The summed E-state index contributed by atoms with van der Waals surface area (Å²) in [4.78, 5) is 3.97. The van der Waals surface area contributed by atoms with Crippen LogP contribution in [0.25, 0.3) is 0 Å².